The molecule has 6 nitrogen and oxygen atoms in total. The molecule has 0 aromatic heterocycles. The van der Waals surface area contributed by atoms with Gasteiger partial charge in [-0.3, -0.25) is 30.1 Å². The standard InChI is InChI=1S/C19H16F3N3O3/c1-10-4-5-11-12(9-10)19(28)25(18(11)27)8-2-3-15(26)24-23-14-7-6-13(20)16(21)17(14)22/h4-7,9,23H,2-3,8H2,1H3,(H,24,26). The Bertz CT molecular complexity index is 978. The molecule has 28 heavy (non-hydrogen) atoms. The molecule has 3 amide bonds. The van der Waals surface area contributed by atoms with Gasteiger partial charge in [0.15, 0.2) is 17.5 Å². The number of hydrogen-bond acceptors (Lipinski definition) is 4. The summed E-state index contributed by atoms with van der Waals surface area (Å²) in [4.78, 5) is 37.5. The monoisotopic (exact) mass is 391 g/mol. The molecule has 3 rings (SSSR count). The predicted octanol–water partition coefficient (Wildman–Crippen LogP) is 2.93. The maximum atomic E-state index is 13.5. The molecular weight excluding hydrogens is 375 g/mol. The van der Waals surface area contributed by atoms with E-state index in [1.54, 1.807) is 18.2 Å². The Labute approximate surface area is 158 Å². The van der Waals surface area contributed by atoms with Crippen LogP contribution in [0.1, 0.15) is 39.1 Å². The molecule has 2 aromatic carbocycles. The summed E-state index contributed by atoms with van der Waals surface area (Å²) in [5.74, 6) is -5.85. The first-order valence-corrected chi connectivity index (χ1v) is 8.45. The van der Waals surface area contributed by atoms with Crippen LogP contribution >= 0.6 is 0 Å². The number of amides is 3. The van der Waals surface area contributed by atoms with Gasteiger partial charge in [-0.05, 0) is 37.6 Å². The maximum Gasteiger partial charge on any atom is 0.261 e. The summed E-state index contributed by atoms with van der Waals surface area (Å²) in [6.07, 6.45) is 0.100. The molecule has 1 aliphatic rings. The number of fused-ring (bicyclic) bond motifs is 1. The van der Waals surface area contributed by atoms with Crippen LogP contribution in [0.25, 0.3) is 0 Å². The van der Waals surface area contributed by atoms with Gasteiger partial charge in [-0.1, -0.05) is 11.6 Å². The molecule has 0 fully saturated rings. The highest BCUT2D eigenvalue weighted by atomic mass is 19.2. The second kappa shape index (κ2) is 7.71. The summed E-state index contributed by atoms with van der Waals surface area (Å²) < 4.78 is 39.5. The number of benzene rings is 2. The number of anilines is 1. The number of imide groups is 1. The van der Waals surface area contributed by atoms with Crippen LogP contribution in [0.2, 0.25) is 0 Å². The first-order valence-electron chi connectivity index (χ1n) is 8.45. The smallest absolute Gasteiger partial charge is 0.261 e. The topological polar surface area (TPSA) is 78.5 Å². The molecule has 0 aliphatic carbocycles. The highest BCUT2D eigenvalue weighted by Crippen LogP contribution is 2.24. The molecule has 0 saturated heterocycles. The van der Waals surface area contributed by atoms with Gasteiger partial charge in [0.2, 0.25) is 5.91 Å². The normalized spacial score (nSPS) is 12.9. The van der Waals surface area contributed by atoms with Crippen molar-refractivity contribution in [2.24, 2.45) is 0 Å². The summed E-state index contributed by atoms with van der Waals surface area (Å²) >= 11 is 0. The Morgan fingerprint density at radius 2 is 1.71 bits per heavy atom. The molecule has 0 spiro atoms. The summed E-state index contributed by atoms with van der Waals surface area (Å²) in [7, 11) is 0. The van der Waals surface area contributed by atoms with Crippen LogP contribution in [0.5, 0.6) is 0 Å². The maximum absolute atomic E-state index is 13.5. The number of nitrogens with one attached hydrogen (secondary N) is 2. The van der Waals surface area contributed by atoms with Crippen LogP contribution in [0.4, 0.5) is 18.9 Å². The second-order valence-electron chi connectivity index (χ2n) is 6.31. The third-order valence-corrected chi connectivity index (χ3v) is 4.28. The SMILES string of the molecule is Cc1ccc2c(c1)C(=O)N(CCCC(=O)NNc1ccc(F)c(F)c1F)C2=O. The molecule has 0 atom stereocenters. The van der Waals surface area contributed by atoms with E-state index in [-0.39, 0.29) is 19.4 Å². The van der Waals surface area contributed by atoms with Gasteiger partial charge in [0.05, 0.1) is 16.8 Å². The minimum Gasteiger partial charge on any atom is -0.296 e. The van der Waals surface area contributed by atoms with Crippen molar-refractivity contribution in [3.63, 3.8) is 0 Å². The number of hydrogen-bond donors (Lipinski definition) is 2. The molecule has 146 valence electrons. The highest BCUT2D eigenvalue weighted by molar-refractivity contribution is 6.21. The molecule has 1 aliphatic heterocycles. The first-order chi connectivity index (χ1) is 13.3. The molecule has 2 aromatic rings. The molecule has 0 radical (unpaired) electrons. The van der Waals surface area contributed by atoms with Gasteiger partial charge < -0.3 is 0 Å². The van der Waals surface area contributed by atoms with Crippen molar-refractivity contribution in [1.29, 1.82) is 0 Å². The fraction of sp³-hybridized carbons (Fsp3) is 0.211. The van der Waals surface area contributed by atoms with Gasteiger partial charge >= 0.3 is 0 Å². The van der Waals surface area contributed by atoms with E-state index in [0.29, 0.717) is 11.1 Å². The fourth-order valence-corrected chi connectivity index (χ4v) is 2.83. The van der Waals surface area contributed by atoms with E-state index in [0.717, 1.165) is 22.6 Å². The van der Waals surface area contributed by atoms with Crippen molar-refractivity contribution in [1.82, 2.24) is 10.3 Å². The van der Waals surface area contributed by atoms with E-state index in [4.69, 9.17) is 0 Å². The summed E-state index contributed by atoms with van der Waals surface area (Å²) in [5.41, 5.74) is 5.42. The van der Waals surface area contributed by atoms with Crippen molar-refractivity contribution in [2.45, 2.75) is 19.8 Å². The van der Waals surface area contributed by atoms with Gasteiger partial charge in [-0.2, -0.15) is 0 Å². The zero-order chi connectivity index (χ0) is 20.4. The zero-order valence-corrected chi connectivity index (χ0v) is 14.8. The van der Waals surface area contributed by atoms with Crippen LogP contribution in [-0.4, -0.2) is 29.2 Å². The van der Waals surface area contributed by atoms with E-state index >= 15 is 0 Å². The van der Waals surface area contributed by atoms with E-state index in [1.807, 2.05) is 6.92 Å². The zero-order valence-electron chi connectivity index (χ0n) is 14.8. The van der Waals surface area contributed by atoms with Crippen molar-refractivity contribution < 1.29 is 27.6 Å². The largest absolute Gasteiger partial charge is 0.296 e. The lowest BCUT2D eigenvalue weighted by Gasteiger charge is -2.14. The van der Waals surface area contributed by atoms with Crippen LogP contribution in [-0.2, 0) is 4.79 Å². The predicted molar refractivity (Wildman–Crippen MR) is 93.9 cm³/mol. The lowest BCUT2D eigenvalue weighted by atomic mass is 10.1. The Morgan fingerprint density at radius 3 is 2.46 bits per heavy atom. The number of carbonyl (C=O) groups excluding carboxylic acids is 3. The van der Waals surface area contributed by atoms with E-state index in [1.165, 1.54) is 0 Å². The van der Waals surface area contributed by atoms with E-state index in [9.17, 15) is 27.6 Å². The molecule has 9 heteroatoms. The van der Waals surface area contributed by atoms with E-state index in [2.05, 4.69) is 10.9 Å². The Kier molecular flexibility index (Phi) is 5.34. The molecular formula is C19H16F3N3O3. The lowest BCUT2D eigenvalue weighted by molar-refractivity contribution is -0.120. The Balaban J connectivity index is 1.51. The van der Waals surface area contributed by atoms with Crippen LogP contribution in [0, 0.1) is 24.4 Å². The van der Waals surface area contributed by atoms with Crippen molar-refractivity contribution in [2.75, 3.05) is 12.0 Å². The number of hydrazine groups is 1. The van der Waals surface area contributed by atoms with Crippen molar-refractivity contribution in [3.05, 3.63) is 64.5 Å². The third kappa shape index (κ3) is 3.68. The van der Waals surface area contributed by atoms with Gasteiger partial charge in [-0.25, -0.2) is 13.2 Å². The minimum absolute atomic E-state index is 0.0400. The molecule has 0 bridgehead atoms. The molecule has 0 saturated carbocycles. The van der Waals surface area contributed by atoms with Crippen LogP contribution in [0.15, 0.2) is 30.3 Å². The first kappa shape index (κ1) is 19.4. The van der Waals surface area contributed by atoms with Gasteiger partial charge in [0, 0.05) is 13.0 Å². The van der Waals surface area contributed by atoms with Gasteiger partial charge in [0.1, 0.15) is 0 Å². The lowest BCUT2D eigenvalue weighted by Crippen LogP contribution is -2.33. The van der Waals surface area contributed by atoms with Gasteiger partial charge in [0.25, 0.3) is 11.8 Å². The van der Waals surface area contributed by atoms with Crippen molar-refractivity contribution >= 4 is 23.4 Å². The van der Waals surface area contributed by atoms with Crippen LogP contribution < -0.4 is 10.9 Å². The molecule has 2 N–H and O–H groups in total. The van der Waals surface area contributed by atoms with Crippen molar-refractivity contribution in [3.8, 4) is 0 Å². The third-order valence-electron chi connectivity index (χ3n) is 4.28. The highest BCUT2D eigenvalue weighted by Gasteiger charge is 2.34. The molecule has 0 unspecified atom stereocenters. The molecule has 1 heterocycles. The number of carbonyl (C=O) groups is 3. The summed E-state index contributed by atoms with van der Waals surface area (Å²) in [6.45, 7) is 1.85. The minimum atomic E-state index is -1.65. The summed E-state index contributed by atoms with van der Waals surface area (Å²) in [6, 6.07) is 6.64. The van der Waals surface area contributed by atoms with Gasteiger partial charge in [-0.15, -0.1) is 0 Å². The average Bonchev–Trinajstić information content (AvgIpc) is 2.90. The van der Waals surface area contributed by atoms with E-state index < -0.39 is 40.9 Å². The number of halogens is 3. The average molecular weight is 391 g/mol. The Morgan fingerprint density at radius 1 is 1.00 bits per heavy atom. The number of nitrogens with zero attached hydrogens (tertiary/aromatic N) is 1. The fourth-order valence-electron chi connectivity index (χ4n) is 2.83. The number of rotatable bonds is 6. The quantitative estimate of drug-likeness (QED) is 0.451. The Hall–Kier alpha value is -3.36. The summed E-state index contributed by atoms with van der Waals surface area (Å²) in [5, 5.41) is 0. The number of aryl methyl sites for hydroxylation is 1. The van der Waals surface area contributed by atoms with Crippen LogP contribution in [0.3, 0.4) is 0 Å². The second-order valence-corrected chi connectivity index (χ2v) is 6.31.